The summed E-state index contributed by atoms with van der Waals surface area (Å²) in [5.41, 5.74) is 17.5. The van der Waals surface area contributed by atoms with Gasteiger partial charge in [0.05, 0.1) is 45.5 Å². The molecule has 8 heteroatoms. The van der Waals surface area contributed by atoms with Crippen LogP contribution in [0.1, 0.15) is 0 Å². The first kappa shape index (κ1) is 45.3. The summed E-state index contributed by atoms with van der Waals surface area (Å²) in [6, 6.07) is 94.2. The van der Waals surface area contributed by atoms with Crippen molar-refractivity contribution in [1.29, 1.82) is 0 Å². The van der Waals surface area contributed by atoms with Gasteiger partial charge < -0.3 is 9.80 Å². The van der Waals surface area contributed by atoms with Crippen LogP contribution in [-0.2, 0) is 0 Å². The average molecular weight is 1010 g/mol. The summed E-state index contributed by atoms with van der Waals surface area (Å²) in [5, 5.41) is 0. The number of hydrogen-bond donors (Lipinski definition) is 0. The van der Waals surface area contributed by atoms with E-state index in [4.69, 9.17) is 19.9 Å². The van der Waals surface area contributed by atoms with Crippen molar-refractivity contribution in [3.8, 4) is 78.9 Å². The fraction of sp³-hybridized carbons (Fsp3) is 0. The predicted octanol–water partition coefficient (Wildman–Crippen LogP) is 18.8. The number of para-hydroxylation sites is 4. The molecular weight excluding hydrogens is 965 g/mol. The molecule has 0 N–H and O–H groups in total. The maximum atomic E-state index is 5.42. The fourth-order valence-corrected chi connectivity index (χ4v) is 12.3. The minimum absolute atomic E-state index is 0.604. The SMILES string of the molecule is c1ccc(-c2cc(-c3cc(-c4cc(N5c6ccccc6Sc6ccccc65)cc(N5c6ccccc6Sc6ccccc65)c4)cc(-c4nc(-c5ccccc5)cc(-c5ccccc5)n4)c3)nc(-c3ccccc3)n2)cc1. The number of fused-ring (bicyclic) bond motifs is 4. The summed E-state index contributed by atoms with van der Waals surface area (Å²) in [6.45, 7) is 0. The molecule has 0 radical (unpaired) electrons. The Hall–Kier alpha value is -9.34. The zero-order valence-electron chi connectivity index (χ0n) is 40.9. The molecule has 4 heterocycles. The van der Waals surface area contributed by atoms with Crippen molar-refractivity contribution < 1.29 is 0 Å². The van der Waals surface area contributed by atoms with Crippen molar-refractivity contribution >= 4 is 57.6 Å². The molecule has 12 aromatic rings. The van der Waals surface area contributed by atoms with Gasteiger partial charge in [-0.3, -0.25) is 0 Å². The van der Waals surface area contributed by atoms with Crippen LogP contribution in [0.2, 0.25) is 0 Å². The maximum absolute atomic E-state index is 5.42. The van der Waals surface area contributed by atoms with E-state index in [2.05, 4.69) is 240 Å². The fourth-order valence-electron chi connectivity index (χ4n) is 10.2. The van der Waals surface area contributed by atoms with Crippen LogP contribution >= 0.6 is 23.5 Å². The Kier molecular flexibility index (Phi) is 11.6. The molecule has 14 rings (SSSR count). The second-order valence-corrected chi connectivity index (χ2v) is 20.8. The van der Waals surface area contributed by atoms with Crippen LogP contribution in [0.5, 0.6) is 0 Å². The van der Waals surface area contributed by atoms with E-state index in [9.17, 15) is 0 Å². The maximum Gasteiger partial charge on any atom is 0.160 e. The van der Waals surface area contributed by atoms with Crippen LogP contribution in [0.4, 0.5) is 34.1 Å². The van der Waals surface area contributed by atoms with Gasteiger partial charge in [0.25, 0.3) is 0 Å². The van der Waals surface area contributed by atoms with E-state index in [0.717, 1.165) is 101 Å². The summed E-state index contributed by atoms with van der Waals surface area (Å²) >= 11 is 3.62. The van der Waals surface area contributed by atoms with Crippen LogP contribution in [0.15, 0.2) is 287 Å². The lowest BCUT2D eigenvalue weighted by molar-refractivity contribution is 1.14. The zero-order valence-corrected chi connectivity index (χ0v) is 42.5. The number of benzene rings is 10. The standard InChI is InChI=1S/C68H44N6S2/c1-5-21-45(22-6-1)55-43-56(46-23-7-2-8-24-46)71-68(70-55)52-38-49(37-51(39-52)58-44-57(47-25-9-3-10-26-47)69-67(72-58)48-27-11-4-12-28-48)50-40-53(73-59-29-13-17-33-63(59)75-64-34-18-14-30-60(64)73)42-54(41-50)74-61-31-15-19-35-65(61)76-66-36-20-16-32-62(66)74/h1-44H. The highest BCUT2D eigenvalue weighted by molar-refractivity contribution is 8.00. The summed E-state index contributed by atoms with van der Waals surface area (Å²) in [7, 11) is 0. The highest BCUT2D eigenvalue weighted by Crippen LogP contribution is 2.55. The van der Waals surface area contributed by atoms with E-state index in [1.807, 2.05) is 59.9 Å². The van der Waals surface area contributed by atoms with Crippen molar-refractivity contribution in [3.63, 3.8) is 0 Å². The normalized spacial score (nSPS) is 12.3. The van der Waals surface area contributed by atoms with Gasteiger partial charge in [0.15, 0.2) is 11.6 Å². The number of aromatic nitrogens is 4. The Bertz CT molecular complexity index is 3670. The summed E-state index contributed by atoms with van der Waals surface area (Å²) in [6.07, 6.45) is 0. The van der Waals surface area contributed by atoms with Crippen LogP contribution in [0.3, 0.4) is 0 Å². The van der Waals surface area contributed by atoms with Crippen molar-refractivity contribution in [2.24, 2.45) is 0 Å². The predicted molar refractivity (Wildman–Crippen MR) is 313 cm³/mol. The van der Waals surface area contributed by atoms with Gasteiger partial charge in [0.1, 0.15) is 0 Å². The minimum Gasteiger partial charge on any atom is -0.308 e. The second-order valence-electron chi connectivity index (χ2n) is 18.7. The summed E-state index contributed by atoms with van der Waals surface area (Å²) < 4.78 is 0. The van der Waals surface area contributed by atoms with Gasteiger partial charge >= 0.3 is 0 Å². The van der Waals surface area contributed by atoms with Gasteiger partial charge in [-0.2, -0.15) is 0 Å². The first-order chi connectivity index (χ1) is 37.6. The van der Waals surface area contributed by atoms with E-state index in [1.165, 1.54) is 19.6 Å². The molecule has 0 saturated carbocycles. The van der Waals surface area contributed by atoms with Gasteiger partial charge in [-0.05, 0) is 108 Å². The third-order valence-corrected chi connectivity index (χ3v) is 16.1. The van der Waals surface area contributed by atoms with Crippen molar-refractivity contribution in [2.45, 2.75) is 19.6 Å². The monoisotopic (exact) mass is 1010 g/mol. The lowest BCUT2D eigenvalue weighted by Gasteiger charge is -2.36. The van der Waals surface area contributed by atoms with Gasteiger partial charge in [0, 0.05) is 64.3 Å². The molecule has 2 aliphatic rings. The largest absolute Gasteiger partial charge is 0.308 e. The Balaban J connectivity index is 1.06. The number of anilines is 6. The topological polar surface area (TPSA) is 58.0 Å². The lowest BCUT2D eigenvalue weighted by Crippen LogP contribution is -2.17. The van der Waals surface area contributed by atoms with Crippen LogP contribution in [-0.4, -0.2) is 19.9 Å². The first-order valence-corrected chi connectivity index (χ1v) is 26.9. The molecular formula is C68H44N6S2. The zero-order chi connectivity index (χ0) is 50.4. The Morgan fingerprint density at radius 3 is 0.908 bits per heavy atom. The van der Waals surface area contributed by atoms with E-state index < -0.39 is 0 Å². The first-order valence-electron chi connectivity index (χ1n) is 25.3. The van der Waals surface area contributed by atoms with Crippen LogP contribution in [0, 0.1) is 0 Å². The molecule has 0 bridgehead atoms. The van der Waals surface area contributed by atoms with Crippen molar-refractivity contribution in [2.75, 3.05) is 9.80 Å². The Morgan fingerprint density at radius 1 is 0.224 bits per heavy atom. The molecule has 2 aromatic heterocycles. The molecule has 0 atom stereocenters. The molecule has 0 saturated heterocycles. The van der Waals surface area contributed by atoms with Gasteiger partial charge in [0.2, 0.25) is 0 Å². The molecule has 0 spiro atoms. The molecule has 358 valence electrons. The van der Waals surface area contributed by atoms with Gasteiger partial charge in [-0.1, -0.05) is 193 Å². The van der Waals surface area contributed by atoms with Gasteiger partial charge in [-0.15, -0.1) is 0 Å². The number of rotatable bonds is 9. The minimum atomic E-state index is 0.604. The molecule has 10 aromatic carbocycles. The van der Waals surface area contributed by atoms with Crippen molar-refractivity contribution in [3.05, 3.63) is 267 Å². The third-order valence-electron chi connectivity index (χ3n) is 13.8. The molecule has 6 nitrogen and oxygen atoms in total. The molecule has 0 aliphatic carbocycles. The number of nitrogens with zero attached hydrogens (tertiary/aromatic N) is 6. The summed E-state index contributed by atoms with van der Waals surface area (Å²) in [5.74, 6) is 1.25. The van der Waals surface area contributed by atoms with E-state index in [-0.39, 0.29) is 0 Å². The summed E-state index contributed by atoms with van der Waals surface area (Å²) in [4.78, 5) is 31.1. The van der Waals surface area contributed by atoms with Crippen molar-refractivity contribution in [1.82, 2.24) is 19.9 Å². The smallest absolute Gasteiger partial charge is 0.160 e. The number of hydrogen-bond acceptors (Lipinski definition) is 8. The Morgan fingerprint density at radius 2 is 0.513 bits per heavy atom. The van der Waals surface area contributed by atoms with Crippen LogP contribution in [0.25, 0.3) is 78.9 Å². The van der Waals surface area contributed by atoms with Gasteiger partial charge in [-0.25, -0.2) is 19.9 Å². The highest BCUT2D eigenvalue weighted by Gasteiger charge is 2.29. The Labute approximate surface area is 450 Å². The van der Waals surface area contributed by atoms with E-state index in [1.54, 1.807) is 0 Å². The quantitative estimate of drug-likeness (QED) is 0.142. The molecule has 76 heavy (non-hydrogen) atoms. The van der Waals surface area contributed by atoms with E-state index in [0.29, 0.717) is 11.6 Å². The third kappa shape index (κ3) is 8.59. The average Bonchev–Trinajstić information content (AvgIpc) is 3.56. The van der Waals surface area contributed by atoms with Crippen LogP contribution < -0.4 is 9.80 Å². The molecule has 2 aliphatic heterocycles. The lowest BCUT2D eigenvalue weighted by atomic mass is 9.95. The molecule has 0 unspecified atom stereocenters. The highest BCUT2D eigenvalue weighted by atomic mass is 32.2. The molecule has 0 fully saturated rings. The molecule has 0 amide bonds. The van der Waals surface area contributed by atoms with E-state index >= 15 is 0 Å². The second kappa shape index (κ2) is 19.5.